The Bertz CT molecular complexity index is 537. The van der Waals surface area contributed by atoms with Gasteiger partial charge in [0.2, 0.25) is 0 Å². The Hall–Kier alpha value is -1.68. The van der Waals surface area contributed by atoms with Crippen LogP contribution in [0, 0.1) is 5.82 Å². The first-order chi connectivity index (χ1) is 8.69. The Morgan fingerprint density at radius 1 is 1.17 bits per heavy atom. The molecule has 18 heavy (non-hydrogen) atoms. The van der Waals surface area contributed by atoms with Crippen molar-refractivity contribution in [2.24, 2.45) is 0 Å². The highest BCUT2D eigenvalue weighted by molar-refractivity contribution is 7.99. The first-order valence-electron chi connectivity index (χ1n) is 5.61. The third kappa shape index (κ3) is 3.17. The van der Waals surface area contributed by atoms with Gasteiger partial charge >= 0.3 is 0 Å². The number of hydrogen-bond acceptors (Lipinski definition) is 3. The van der Waals surface area contributed by atoms with E-state index in [-0.39, 0.29) is 11.6 Å². The molecule has 0 atom stereocenters. The molecule has 0 saturated carbocycles. The van der Waals surface area contributed by atoms with Gasteiger partial charge in [-0.2, -0.15) is 0 Å². The molecular formula is C14H12FNOS. The molecule has 0 fully saturated rings. The lowest BCUT2D eigenvalue weighted by atomic mass is 10.2. The summed E-state index contributed by atoms with van der Waals surface area (Å²) < 4.78 is 12.7. The van der Waals surface area contributed by atoms with Crippen LogP contribution < -0.4 is 0 Å². The molecule has 92 valence electrons. The van der Waals surface area contributed by atoms with Crippen LogP contribution in [0.1, 0.15) is 23.8 Å². The van der Waals surface area contributed by atoms with Gasteiger partial charge in [0.1, 0.15) is 11.5 Å². The van der Waals surface area contributed by atoms with Crippen LogP contribution >= 0.6 is 11.8 Å². The third-order valence-corrected chi connectivity index (χ3v) is 3.38. The zero-order chi connectivity index (χ0) is 13.0. The van der Waals surface area contributed by atoms with E-state index in [1.807, 2.05) is 13.0 Å². The fourth-order valence-electron chi connectivity index (χ4n) is 1.43. The number of Topliss-reactive ketones (excluding diaryl/α,β-unsaturated/α-hetero) is 1. The molecule has 0 N–H and O–H groups in total. The lowest BCUT2D eigenvalue weighted by Gasteiger charge is -2.02. The summed E-state index contributed by atoms with van der Waals surface area (Å²) in [6, 6.07) is 9.84. The van der Waals surface area contributed by atoms with E-state index in [1.54, 1.807) is 24.4 Å². The fourth-order valence-corrected chi connectivity index (χ4v) is 2.21. The van der Waals surface area contributed by atoms with Gasteiger partial charge in [0.25, 0.3) is 0 Å². The standard InChI is InChI=1S/C14H12FNOS/c1-2-14(17)13-8-7-12(9-16-13)18-11-5-3-10(15)4-6-11/h3-9H,2H2,1H3. The normalized spacial score (nSPS) is 10.3. The molecule has 0 aliphatic carbocycles. The van der Waals surface area contributed by atoms with Crippen molar-refractivity contribution in [3.63, 3.8) is 0 Å². The van der Waals surface area contributed by atoms with E-state index in [2.05, 4.69) is 4.98 Å². The van der Waals surface area contributed by atoms with Gasteiger partial charge in [-0.3, -0.25) is 9.78 Å². The molecule has 2 rings (SSSR count). The summed E-state index contributed by atoms with van der Waals surface area (Å²) in [7, 11) is 0. The molecule has 0 amide bonds. The molecular weight excluding hydrogens is 249 g/mol. The van der Waals surface area contributed by atoms with E-state index in [4.69, 9.17) is 0 Å². The van der Waals surface area contributed by atoms with Gasteiger partial charge in [-0.15, -0.1) is 0 Å². The van der Waals surface area contributed by atoms with Crippen LogP contribution in [0.25, 0.3) is 0 Å². The summed E-state index contributed by atoms with van der Waals surface area (Å²) in [5.41, 5.74) is 0.487. The number of nitrogens with zero attached hydrogens (tertiary/aromatic N) is 1. The van der Waals surface area contributed by atoms with E-state index in [0.29, 0.717) is 12.1 Å². The molecule has 0 spiro atoms. The Balaban J connectivity index is 2.10. The Morgan fingerprint density at radius 3 is 2.39 bits per heavy atom. The number of hydrogen-bond donors (Lipinski definition) is 0. The highest BCUT2D eigenvalue weighted by Crippen LogP contribution is 2.27. The number of aromatic nitrogens is 1. The number of rotatable bonds is 4. The number of pyridine rings is 1. The van der Waals surface area contributed by atoms with E-state index < -0.39 is 0 Å². The number of carbonyl (C=O) groups excluding carboxylic acids is 1. The minimum Gasteiger partial charge on any atom is -0.292 e. The maximum absolute atomic E-state index is 12.7. The first kappa shape index (κ1) is 12.8. The quantitative estimate of drug-likeness (QED) is 0.780. The molecule has 0 bridgehead atoms. The average molecular weight is 261 g/mol. The molecule has 0 saturated heterocycles. The monoisotopic (exact) mass is 261 g/mol. The topological polar surface area (TPSA) is 30.0 Å². The van der Waals surface area contributed by atoms with Gasteiger partial charge in [-0.25, -0.2) is 4.39 Å². The van der Waals surface area contributed by atoms with Crippen molar-refractivity contribution >= 4 is 17.5 Å². The van der Waals surface area contributed by atoms with Gasteiger partial charge in [0.05, 0.1) is 0 Å². The van der Waals surface area contributed by atoms with Crippen molar-refractivity contribution < 1.29 is 9.18 Å². The van der Waals surface area contributed by atoms with Crippen LogP contribution in [0.5, 0.6) is 0 Å². The lowest BCUT2D eigenvalue weighted by molar-refractivity contribution is 0.0983. The Kier molecular flexibility index (Phi) is 4.10. The fraction of sp³-hybridized carbons (Fsp3) is 0.143. The smallest absolute Gasteiger partial charge is 0.180 e. The van der Waals surface area contributed by atoms with Crippen molar-refractivity contribution in [3.8, 4) is 0 Å². The summed E-state index contributed by atoms with van der Waals surface area (Å²) in [5, 5.41) is 0. The van der Waals surface area contributed by atoms with E-state index in [9.17, 15) is 9.18 Å². The maximum Gasteiger partial charge on any atom is 0.180 e. The molecule has 0 aliphatic rings. The number of halogens is 1. The second-order valence-corrected chi connectivity index (χ2v) is 4.86. The molecule has 1 heterocycles. The largest absolute Gasteiger partial charge is 0.292 e. The SMILES string of the molecule is CCC(=O)c1ccc(Sc2ccc(F)cc2)cn1. The van der Waals surface area contributed by atoms with Crippen LogP contribution in [-0.2, 0) is 0 Å². The number of benzene rings is 1. The zero-order valence-corrected chi connectivity index (χ0v) is 10.7. The van der Waals surface area contributed by atoms with Gasteiger partial charge in [-0.1, -0.05) is 18.7 Å². The van der Waals surface area contributed by atoms with Crippen LogP contribution in [0.3, 0.4) is 0 Å². The van der Waals surface area contributed by atoms with Gasteiger partial charge in [0, 0.05) is 22.4 Å². The van der Waals surface area contributed by atoms with Crippen molar-refractivity contribution in [2.45, 2.75) is 23.1 Å². The lowest BCUT2D eigenvalue weighted by Crippen LogP contribution is -1.99. The van der Waals surface area contributed by atoms with Crippen molar-refractivity contribution in [1.29, 1.82) is 0 Å². The Morgan fingerprint density at radius 2 is 1.83 bits per heavy atom. The van der Waals surface area contributed by atoms with Crippen molar-refractivity contribution in [1.82, 2.24) is 4.98 Å². The molecule has 2 aromatic rings. The van der Waals surface area contributed by atoms with Crippen molar-refractivity contribution in [2.75, 3.05) is 0 Å². The highest BCUT2D eigenvalue weighted by Gasteiger charge is 2.05. The molecule has 1 aromatic carbocycles. The summed E-state index contributed by atoms with van der Waals surface area (Å²) in [6.07, 6.45) is 2.12. The van der Waals surface area contributed by atoms with Crippen LogP contribution in [0.2, 0.25) is 0 Å². The summed E-state index contributed by atoms with van der Waals surface area (Å²) in [6.45, 7) is 1.81. The molecule has 4 heteroatoms. The first-order valence-corrected chi connectivity index (χ1v) is 6.43. The molecule has 0 radical (unpaired) electrons. The van der Waals surface area contributed by atoms with Crippen molar-refractivity contribution in [3.05, 3.63) is 54.1 Å². The predicted octanol–water partition coefficient (Wildman–Crippen LogP) is 3.96. The summed E-state index contributed by atoms with van der Waals surface area (Å²) in [4.78, 5) is 17.4. The predicted molar refractivity (Wildman–Crippen MR) is 69.4 cm³/mol. The zero-order valence-electron chi connectivity index (χ0n) is 9.89. The highest BCUT2D eigenvalue weighted by atomic mass is 32.2. The van der Waals surface area contributed by atoms with Gasteiger partial charge in [0.15, 0.2) is 5.78 Å². The van der Waals surface area contributed by atoms with Gasteiger partial charge < -0.3 is 0 Å². The molecule has 0 unspecified atom stereocenters. The summed E-state index contributed by atoms with van der Waals surface area (Å²) >= 11 is 1.48. The van der Waals surface area contributed by atoms with E-state index in [1.165, 1.54) is 23.9 Å². The van der Waals surface area contributed by atoms with Gasteiger partial charge in [-0.05, 0) is 36.4 Å². The van der Waals surface area contributed by atoms with Crippen LogP contribution in [0.15, 0.2) is 52.4 Å². The Labute approximate surface area is 109 Å². The average Bonchev–Trinajstić information content (AvgIpc) is 2.41. The number of carbonyl (C=O) groups is 1. The van der Waals surface area contributed by atoms with E-state index >= 15 is 0 Å². The van der Waals surface area contributed by atoms with Crippen LogP contribution in [0.4, 0.5) is 4.39 Å². The number of ketones is 1. The molecule has 1 aromatic heterocycles. The minimum atomic E-state index is -0.249. The second-order valence-electron chi connectivity index (χ2n) is 3.71. The van der Waals surface area contributed by atoms with Crippen LogP contribution in [-0.4, -0.2) is 10.8 Å². The molecule has 0 aliphatic heterocycles. The molecule has 2 nitrogen and oxygen atoms in total. The second kappa shape index (κ2) is 5.78. The minimum absolute atomic E-state index is 0.0355. The third-order valence-electron chi connectivity index (χ3n) is 2.39. The summed E-state index contributed by atoms with van der Waals surface area (Å²) in [5.74, 6) is -0.213. The maximum atomic E-state index is 12.7. The van der Waals surface area contributed by atoms with E-state index in [0.717, 1.165) is 9.79 Å².